The topological polar surface area (TPSA) is 88.9 Å². The van der Waals surface area contributed by atoms with E-state index in [1.807, 2.05) is 6.07 Å². The standard InChI is InChI=1S/C21H20FN5O2/c22-15-6-3-7-16(11-15)25-21(29)19-26-18(17-8-1-2-10-27(17)19)20(28)24-13-14-5-4-9-23-12-14/h3-7,9,11-12H,1-2,8,10,13H2,(H,24,28)(H,25,29). The number of carbonyl (C=O) groups is 2. The van der Waals surface area contributed by atoms with E-state index >= 15 is 0 Å². The molecule has 2 aromatic heterocycles. The second-order valence-electron chi connectivity index (χ2n) is 6.85. The third-order valence-corrected chi connectivity index (χ3v) is 4.79. The second kappa shape index (κ2) is 8.22. The first-order chi connectivity index (χ1) is 14.1. The van der Waals surface area contributed by atoms with Gasteiger partial charge in [-0.1, -0.05) is 12.1 Å². The maximum atomic E-state index is 13.4. The SMILES string of the molecule is O=C(NCc1cccnc1)c1nc(C(=O)Nc2cccc(F)c2)n2c1CCCC2. The predicted octanol–water partition coefficient (Wildman–Crippen LogP) is 2.94. The van der Waals surface area contributed by atoms with Crippen LogP contribution in [0, 0.1) is 5.82 Å². The van der Waals surface area contributed by atoms with E-state index in [-0.39, 0.29) is 17.4 Å². The molecule has 8 heteroatoms. The van der Waals surface area contributed by atoms with E-state index in [4.69, 9.17) is 0 Å². The van der Waals surface area contributed by atoms with Gasteiger partial charge in [-0.3, -0.25) is 14.6 Å². The number of halogens is 1. The van der Waals surface area contributed by atoms with Gasteiger partial charge in [0, 0.05) is 31.2 Å². The fourth-order valence-corrected chi connectivity index (χ4v) is 3.42. The van der Waals surface area contributed by atoms with E-state index in [1.54, 1.807) is 29.1 Å². The Hall–Kier alpha value is -3.55. The van der Waals surface area contributed by atoms with E-state index in [2.05, 4.69) is 20.6 Å². The molecule has 0 bridgehead atoms. The molecule has 0 radical (unpaired) electrons. The van der Waals surface area contributed by atoms with Crippen molar-refractivity contribution >= 4 is 17.5 Å². The van der Waals surface area contributed by atoms with E-state index < -0.39 is 11.7 Å². The van der Waals surface area contributed by atoms with Gasteiger partial charge >= 0.3 is 0 Å². The Labute approximate surface area is 167 Å². The number of rotatable bonds is 5. The van der Waals surface area contributed by atoms with Gasteiger partial charge in [-0.05, 0) is 49.1 Å². The minimum absolute atomic E-state index is 0.162. The Kier molecular flexibility index (Phi) is 5.33. The average Bonchev–Trinajstić information content (AvgIpc) is 3.13. The predicted molar refractivity (Wildman–Crippen MR) is 105 cm³/mol. The number of amides is 2. The highest BCUT2D eigenvalue weighted by Gasteiger charge is 2.27. The molecule has 0 unspecified atom stereocenters. The third kappa shape index (κ3) is 4.16. The summed E-state index contributed by atoms with van der Waals surface area (Å²) >= 11 is 0. The number of anilines is 1. The van der Waals surface area contributed by atoms with Crippen molar-refractivity contribution in [2.75, 3.05) is 5.32 Å². The van der Waals surface area contributed by atoms with Crippen molar-refractivity contribution < 1.29 is 14.0 Å². The number of fused-ring (bicyclic) bond motifs is 1. The summed E-state index contributed by atoms with van der Waals surface area (Å²) in [6.07, 6.45) is 5.86. The third-order valence-electron chi connectivity index (χ3n) is 4.79. The maximum Gasteiger partial charge on any atom is 0.291 e. The molecule has 0 fully saturated rings. The van der Waals surface area contributed by atoms with Gasteiger partial charge in [-0.15, -0.1) is 0 Å². The lowest BCUT2D eigenvalue weighted by Gasteiger charge is -2.17. The molecule has 0 atom stereocenters. The smallest absolute Gasteiger partial charge is 0.291 e. The highest BCUT2D eigenvalue weighted by atomic mass is 19.1. The summed E-state index contributed by atoms with van der Waals surface area (Å²) < 4.78 is 15.2. The first-order valence-electron chi connectivity index (χ1n) is 9.45. The highest BCUT2D eigenvalue weighted by molar-refractivity contribution is 6.03. The number of nitrogens with zero attached hydrogens (tertiary/aromatic N) is 3. The summed E-state index contributed by atoms with van der Waals surface area (Å²) in [6, 6.07) is 9.33. The zero-order valence-corrected chi connectivity index (χ0v) is 15.7. The van der Waals surface area contributed by atoms with Gasteiger partial charge in [0.15, 0.2) is 5.82 Å². The molecule has 1 aromatic carbocycles. The van der Waals surface area contributed by atoms with Crippen LogP contribution in [0.3, 0.4) is 0 Å². The van der Waals surface area contributed by atoms with Crippen LogP contribution in [0.5, 0.6) is 0 Å². The van der Waals surface area contributed by atoms with Crippen LogP contribution in [-0.4, -0.2) is 26.3 Å². The zero-order valence-electron chi connectivity index (χ0n) is 15.7. The lowest BCUT2D eigenvalue weighted by Crippen LogP contribution is -2.25. The fourth-order valence-electron chi connectivity index (χ4n) is 3.42. The van der Waals surface area contributed by atoms with Crippen LogP contribution >= 0.6 is 0 Å². The van der Waals surface area contributed by atoms with Crippen LogP contribution < -0.4 is 10.6 Å². The molecular weight excluding hydrogens is 373 g/mol. The highest BCUT2D eigenvalue weighted by Crippen LogP contribution is 2.22. The maximum absolute atomic E-state index is 13.4. The monoisotopic (exact) mass is 393 g/mol. The van der Waals surface area contributed by atoms with Crippen molar-refractivity contribution in [1.82, 2.24) is 19.9 Å². The summed E-state index contributed by atoms with van der Waals surface area (Å²) in [6.45, 7) is 0.938. The summed E-state index contributed by atoms with van der Waals surface area (Å²) in [5.41, 5.74) is 2.23. The van der Waals surface area contributed by atoms with Crippen LogP contribution in [0.25, 0.3) is 0 Å². The van der Waals surface area contributed by atoms with Crippen LogP contribution in [0.1, 0.15) is 45.2 Å². The van der Waals surface area contributed by atoms with Crippen LogP contribution in [0.2, 0.25) is 0 Å². The van der Waals surface area contributed by atoms with Gasteiger partial charge in [-0.2, -0.15) is 0 Å². The summed E-state index contributed by atoms with van der Waals surface area (Å²) in [7, 11) is 0. The van der Waals surface area contributed by atoms with Crippen LogP contribution in [0.4, 0.5) is 10.1 Å². The molecule has 0 saturated heterocycles. The number of aromatic nitrogens is 3. The van der Waals surface area contributed by atoms with Crippen molar-refractivity contribution in [2.24, 2.45) is 0 Å². The van der Waals surface area contributed by atoms with Gasteiger partial charge in [0.05, 0.1) is 5.69 Å². The lowest BCUT2D eigenvalue weighted by atomic mass is 10.1. The van der Waals surface area contributed by atoms with E-state index in [1.165, 1.54) is 18.2 Å². The molecule has 2 N–H and O–H groups in total. The molecule has 3 heterocycles. The molecule has 29 heavy (non-hydrogen) atoms. The van der Waals surface area contributed by atoms with Crippen LogP contribution in [0.15, 0.2) is 48.8 Å². The Morgan fingerprint density at radius 2 is 2.03 bits per heavy atom. The summed E-state index contributed by atoms with van der Waals surface area (Å²) in [5.74, 6) is -1.08. The largest absolute Gasteiger partial charge is 0.347 e. The minimum Gasteiger partial charge on any atom is -0.347 e. The van der Waals surface area contributed by atoms with Gasteiger partial charge in [-0.25, -0.2) is 9.37 Å². The number of nitrogens with one attached hydrogen (secondary N) is 2. The summed E-state index contributed by atoms with van der Waals surface area (Å²) in [5, 5.41) is 5.50. The second-order valence-corrected chi connectivity index (χ2v) is 6.85. The van der Waals surface area contributed by atoms with Gasteiger partial charge in [0.2, 0.25) is 0 Å². The number of hydrogen-bond donors (Lipinski definition) is 2. The van der Waals surface area contributed by atoms with Gasteiger partial charge in [0.25, 0.3) is 11.8 Å². The van der Waals surface area contributed by atoms with Crippen molar-refractivity contribution in [3.8, 4) is 0 Å². The minimum atomic E-state index is -0.468. The molecular formula is C21H20FN5O2. The molecule has 7 nitrogen and oxygen atoms in total. The quantitative estimate of drug-likeness (QED) is 0.698. The molecule has 0 saturated carbocycles. The molecule has 0 aliphatic carbocycles. The number of carbonyl (C=O) groups excluding carboxylic acids is 2. The lowest BCUT2D eigenvalue weighted by molar-refractivity contribution is 0.0945. The first kappa shape index (κ1) is 18.8. The number of hydrogen-bond acceptors (Lipinski definition) is 4. The van der Waals surface area contributed by atoms with E-state index in [0.29, 0.717) is 25.2 Å². The zero-order chi connectivity index (χ0) is 20.2. The van der Waals surface area contributed by atoms with Crippen molar-refractivity contribution in [1.29, 1.82) is 0 Å². The average molecular weight is 393 g/mol. The first-order valence-corrected chi connectivity index (χ1v) is 9.45. The van der Waals surface area contributed by atoms with E-state index in [0.717, 1.165) is 24.1 Å². The molecule has 0 spiro atoms. The molecule has 1 aliphatic heterocycles. The molecule has 1 aliphatic rings. The molecule has 3 aromatic rings. The van der Waals surface area contributed by atoms with Crippen molar-refractivity contribution in [2.45, 2.75) is 32.4 Å². The molecule has 2 amide bonds. The van der Waals surface area contributed by atoms with E-state index in [9.17, 15) is 14.0 Å². The molecule has 4 rings (SSSR count). The normalized spacial score (nSPS) is 12.9. The Morgan fingerprint density at radius 3 is 2.83 bits per heavy atom. The Morgan fingerprint density at radius 1 is 1.14 bits per heavy atom. The van der Waals surface area contributed by atoms with Gasteiger partial charge < -0.3 is 15.2 Å². The summed E-state index contributed by atoms with van der Waals surface area (Å²) in [4.78, 5) is 33.9. The van der Waals surface area contributed by atoms with Crippen molar-refractivity contribution in [3.05, 3.63) is 77.4 Å². The Balaban J connectivity index is 1.56. The molecule has 148 valence electrons. The van der Waals surface area contributed by atoms with Gasteiger partial charge in [0.1, 0.15) is 11.5 Å². The fraction of sp³-hybridized carbons (Fsp3) is 0.238. The number of pyridine rings is 1. The number of imidazole rings is 1. The van der Waals surface area contributed by atoms with Crippen molar-refractivity contribution in [3.63, 3.8) is 0 Å². The van der Waals surface area contributed by atoms with Crippen LogP contribution in [-0.2, 0) is 19.5 Å². The Bertz CT molecular complexity index is 1050. The number of benzene rings is 1.